The first-order chi connectivity index (χ1) is 5.70. The molecule has 0 atom stereocenters. The summed E-state index contributed by atoms with van der Waals surface area (Å²) in [5.41, 5.74) is 2.36. The molecule has 0 spiro atoms. The van der Waals surface area contributed by atoms with Crippen LogP contribution < -0.4 is 4.74 Å². The molecule has 0 saturated heterocycles. The number of hydrogen-bond donors (Lipinski definition) is 0. The number of pyridine rings is 1. The van der Waals surface area contributed by atoms with Crippen LogP contribution in [-0.2, 0) is 0 Å². The highest BCUT2D eigenvalue weighted by molar-refractivity contribution is 5.46. The van der Waals surface area contributed by atoms with Crippen molar-refractivity contribution in [3.8, 4) is 11.8 Å². The van der Waals surface area contributed by atoms with Crippen LogP contribution >= 0.6 is 0 Å². The zero-order valence-electron chi connectivity index (χ0n) is 7.38. The van der Waals surface area contributed by atoms with E-state index in [1.54, 1.807) is 13.3 Å². The summed E-state index contributed by atoms with van der Waals surface area (Å²) in [7, 11) is 1.55. The van der Waals surface area contributed by atoms with Crippen LogP contribution in [-0.4, -0.2) is 12.1 Å². The van der Waals surface area contributed by atoms with Gasteiger partial charge in [0.25, 0.3) is 0 Å². The van der Waals surface area contributed by atoms with Gasteiger partial charge in [0, 0.05) is 6.20 Å². The maximum absolute atomic E-state index is 8.67. The molecule has 0 radical (unpaired) electrons. The molecule has 0 aromatic carbocycles. The van der Waals surface area contributed by atoms with Gasteiger partial charge in [-0.25, -0.2) is 4.98 Å². The SMILES string of the molecule is COc1c(C#N)ncc(C)c1C. The number of nitrogens with zero attached hydrogens (tertiary/aromatic N) is 2. The minimum absolute atomic E-state index is 0.348. The molecule has 1 rings (SSSR count). The Bertz CT molecular complexity index is 339. The molecular weight excluding hydrogens is 152 g/mol. The summed E-state index contributed by atoms with van der Waals surface area (Å²) in [6, 6.07) is 1.98. The summed E-state index contributed by atoms with van der Waals surface area (Å²) in [4.78, 5) is 3.94. The lowest BCUT2D eigenvalue weighted by Gasteiger charge is -2.07. The summed E-state index contributed by atoms with van der Waals surface area (Å²) in [5.74, 6) is 0.581. The molecule has 1 heterocycles. The first-order valence-electron chi connectivity index (χ1n) is 3.61. The van der Waals surface area contributed by atoms with Crippen molar-refractivity contribution in [3.05, 3.63) is 23.0 Å². The summed E-state index contributed by atoms with van der Waals surface area (Å²) < 4.78 is 5.06. The normalized spacial score (nSPS) is 9.17. The number of aryl methyl sites for hydroxylation is 1. The lowest BCUT2D eigenvalue weighted by molar-refractivity contribution is 0.407. The lowest BCUT2D eigenvalue weighted by atomic mass is 10.1. The molecule has 3 heteroatoms. The number of rotatable bonds is 1. The van der Waals surface area contributed by atoms with Crippen LogP contribution in [0.25, 0.3) is 0 Å². The summed E-state index contributed by atoms with van der Waals surface area (Å²) in [5, 5.41) is 8.67. The Morgan fingerprint density at radius 1 is 1.50 bits per heavy atom. The van der Waals surface area contributed by atoms with Gasteiger partial charge in [-0.1, -0.05) is 0 Å². The van der Waals surface area contributed by atoms with Gasteiger partial charge in [-0.15, -0.1) is 0 Å². The fourth-order valence-corrected chi connectivity index (χ4v) is 1.00. The van der Waals surface area contributed by atoms with Gasteiger partial charge in [0.2, 0.25) is 0 Å². The van der Waals surface area contributed by atoms with Crippen LogP contribution in [0.5, 0.6) is 5.75 Å². The Hall–Kier alpha value is -1.56. The predicted molar refractivity (Wildman–Crippen MR) is 45.0 cm³/mol. The van der Waals surface area contributed by atoms with E-state index in [0.29, 0.717) is 11.4 Å². The largest absolute Gasteiger partial charge is 0.493 e. The van der Waals surface area contributed by atoms with Gasteiger partial charge >= 0.3 is 0 Å². The van der Waals surface area contributed by atoms with Crippen LogP contribution in [0.4, 0.5) is 0 Å². The zero-order chi connectivity index (χ0) is 9.14. The highest BCUT2D eigenvalue weighted by Gasteiger charge is 2.08. The minimum atomic E-state index is 0.348. The predicted octanol–water partition coefficient (Wildman–Crippen LogP) is 1.58. The fourth-order valence-electron chi connectivity index (χ4n) is 1.00. The van der Waals surface area contributed by atoms with Crippen molar-refractivity contribution in [1.29, 1.82) is 5.26 Å². The minimum Gasteiger partial charge on any atom is -0.493 e. The van der Waals surface area contributed by atoms with Crippen molar-refractivity contribution in [3.63, 3.8) is 0 Å². The van der Waals surface area contributed by atoms with Gasteiger partial charge in [-0.2, -0.15) is 5.26 Å². The number of ether oxygens (including phenoxy) is 1. The van der Waals surface area contributed by atoms with E-state index in [9.17, 15) is 0 Å². The summed E-state index contributed by atoms with van der Waals surface area (Å²) in [6.07, 6.45) is 1.68. The zero-order valence-corrected chi connectivity index (χ0v) is 7.38. The number of hydrogen-bond acceptors (Lipinski definition) is 3. The quantitative estimate of drug-likeness (QED) is 0.629. The molecule has 0 bridgehead atoms. The molecular formula is C9H10N2O. The van der Waals surface area contributed by atoms with E-state index in [4.69, 9.17) is 10.00 Å². The van der Waals surface area contributed by atoms with E-state index in [1.807, 2.05) is 19.9 Å². The van der Waals surface area contributed by atoms with Gasteiger partial charge in [-0.05, 0) is 25.0 Å². The molecule has 0 saturated carbocycles. The molecule has 3 nitrogen and oxygen atoms in total. The molecule has 0 fully saturated rings. The Balaban J connectivity index is 3.38. The molecule has 0 aliphatic rings. The molecule has 1 aromatic rings. The third-order valence-electron chi connectivity index (χ3n) is 1.84. The van der Waals surface area contributed by atoms with Crippen LogP contribution in [0.3, 0.4) is 0 Å². The van der Waals surface area contributed by atoms with E-state index in [-0.39, 0.29) is 0 Å². The third kappa shape index (κ3) is 1.24. The van der Waals surface area contributed by atoms with Gasteiger partial charge in [0.15, 0.2) is 11.4 Å². The second kappa shape index (κ2) is 3.22. The Kier molecular flexibility index (Phi) is 2.29. The fraction of sp³-hybridized carbons (Fsp3) is 0.333. The van der Waals surface area contributed by atoms with Crippen molar-refractivity contribution in [1.82, 2.24) is 4.98 Å². The summed E-state index contributed by atoms with van der Waals surface area (Å²) in [6.45, 7) is 3.85. The van der Waals surface area contributed by atoms with E-state index in [0.717, 1.165) is 11.1 Å². The highest BCUT2D eigenvalue weighted by Crippen LogP contribution is 2.22. The van der Waals surface area contributed by atoms with E-state index in [2.05, 4.69) is 4.98 Å². The highest BCUT2D eigenvalue weighted by atomic mass is 16.5. The van der Waals surface area contributed by atoms with Crippen molar-refractivity contribution in [2.24, 2.45) is 0 Å². The molecule has 0 N–H and O–H groups in total. The second-order valence-electron chi connectivity index (χ2n) is 2.56. The second-order valence-corrected chi connectivity index (χ2v) is 2.56. The first-order valence-corrected chi connectivity index (χ1v) is 3.61. The molecule has 0 unspecified atom stereocenters. The topological polar surface area (TPSA) is 45.9 Å². The molecule has 1 aromatic heterocycles. The lowest BCUT2D eigenvalue weighted by Crippen LogP contribution is -1.96. The van der Waals surface area contributed by atoms with Gasteiger partial charge in [0.05, 0.1) is 7.11 Å². The maximum atomic E-state index is 8.67. The monoisotopic (exact) mass is 162 g/mol. The van der Waals surface area contributed by atoms with Crippen molar-refractivity contribution < 1.29 is 4.74 Å². The Labute approximate surface area is 71.6 Å². The number of methoxy groups -OCH3 is 1. The van der Waals surface area contributed by atoms with E-state index < -0.39 is 0 Å². The Morgan fingerprint density at radius 3 is 2.67 bits per heavy atom. The van der Waals surface area contributed by atoms with Gasteiger partial charge in [-0.3, -0.25) is 0 Å². The molecule has 0 aliphatic heterocycles. The molecule has 62 valence electrons. The van der Waals surface area contributed by atoms with E-state index >= 15 is 0 Å². The van der Waals surface area contributed by atoms with Crippen LogP contribution in [0.2, 0.25) is 0 Å². The first kappa shape index (κ1) is 8.54. The van der Waals surface area contributed by atoms with Gasteiger partial charge in [0.1, 0.15) is 6.07 Å². The number of aromatic nitrogens is 1. The van der Waals surface area contributed by atoms with Crippen molar-refractivity contribution in [2.75, 3.05) is 7.11 Å². The summed E-state index contributed by atoms with van der Waals surface area (Å²) >= 11 is 0. The van der Waals surface area contributed by atoms with Crippen LogP contribution in [0, 0.1) is 25.2 Å². The molecule has 12 heavy (non-hydrogen) atoms. The average Bonchev–Trinajstić information content (AvgIpc) is 2.09. The van der Waals surface area contributed by atoms with Gasteiger partial charge < -0.3 is 4.74 Å². The molecule has 0 aliphatic carbocycles. The standard InChI is InChI=1S/C9H10N2O/c1-6-5-11-8(4-10)9(12-3)7(6)2/h5H,1-3H3. The molecule has 0 amide bonds. The van der Waals surface area contributed by atoms with E-state index in [1.165, 1.54) is 0 Å². The van der Waals surface area contributed by atoms with Crippen molar-refractivity contribution in [2.45, 2.75) is 13.8 Å². The Morgan fingerprint density at radius 2 is 2.17 bits per heavy atom. The smallest absolute Gasteiger partial charge is 0.182 e. The average molecular weight is 162 g/mol. The van der Waals surface area contributed by atoms with Crippen LogP contribution in [0.1, 0.15) is 16.8 Å². The van der Waals surface area contributed by atoms with Crippen LogP contribution in [0.15, 0.2) is 6.20 Å². The third-order valence-corrected chi connectivity index (χ3v) is 1.84. The number of nitriles is 1. The maximum Gasteiger partial charge on any atom is 0.182 e. The van der Waals surface area contributed by atoms with Crippen molar-refractivity contribution >= 4 is 0 Å².